The summed E-state index contributed by atoms with van der Waals surface area (Å²) in [6.45, 7) is 15.6. The van der Waals surface area contributed by atoms with Gasteiger partial charge in [0, 0.05) is 7.11 Å². The van der Waals surface area contributed by atoms with Crippen LogP contribution < -0.4 is 0 Å². The lowest BCUT2D eigenvalue weighted by Crippen LogP contribution is -2.60. The molecular formula is C29H52O. The highest BCUT2D eigenvalue weighted by Gasteiger charge is 2.65. The van der Waals surface area contributed by atoms with Crippen molar-refractivity contribution in [2.75, 3.05) is 7.11 Å². The molecule has 0 aromatic rings. The molecule has 0 aromatic carbocycles. The molecule has 0 aliphatic heterocycles. The molecule has 30 heavy (non-hydrogen) atoms. The van der Waals surface area contributed by atoms with Crippen LogP contribution in [0, 0.1) is 51.8 Å². The minimum absolute atomic E-state index is 0.527. The van der Waals surface area contributed by atoms with Crippen LogP contribution in [-0.2, 0) is 4.74 Å². The molecular weight excluding hydrogens is 364 g/mol. The standard InChI is InChI=1S/C29H52O/c1-20(2)9-8-10-21(3)24-13-14-25-26-12-11-22-19-23(30-7)15-16-28(22,5)29(26,6)18-17-27(24,25)4/h20-26H,8-19H2,1-7H3/t21?,22-,23?,24+,25-,26?,27+,28-,29-/m0/s1. The molecule has 174 valence electrons. The second-order valence-electron chi connectivity index (χ2n) is 13.4. The highest BCUT2D eigenvalue weighted by molar-refractivity contribution is 5.14. The summed E-state index contributed by atoms with van der Waals surface area (Å²) in [5.74, 6) is 5.63. The summed E-state index contributed by atoms with van der Waals surface area (Å²) in [5.41, 5.74) is 1.73. The summed E-state index contributed by atoms with van der Waals surface area (Å²) in [6, 6.07) is 0. The van der Waals surface area contributed by atoms with Crippen LogP contribution in [0.25, 0.3) is 0 Å². The highest BCUT2D eigenvalue weighted by Crippen LogP contribution is 2.73. The van der Waals surface area contributed by atoms with Crippen molar-refractivity contribution in [3.63, 3.8) is 0 Å². The van der Waals surface area contributed by atoms with Crippen molar-refractivity contribution >= 4 is 0 Å². The normalized spacial score (nSPS) is 49.4. The van der Waals surface area contributed by atoms with Gasteiger partial charge in [0.15, 0.2) is 0 Å². The van der Waals surface area contributed by atoms with Gasteiger partial charge < -0.3 is 4.74 Å². The van der Waals surface area contributed by atoms with E-state index in [-0.39, 0.29) is 0 Å². The fraction of sp³-hybridized carbons (Fsp3) is 1.00. The van der Waals surface area contributed by atoms with Gasteiger partial charge in [0.2, 0.25) is 0 Å². The van der Waals surface area contributed by atoms with Crippen LogP contribution in [0.4, 0.5) is 0 Å². The molecule has 4 aliphatic rings. The second kappa shape index (κ2) is 8.39. The molecule has 4 saturated carbocycles. The topological polar surface area (TPSA) is 9.23 Å². The van der Waals surface area contributed by atoms with Crippen molar-refractivity contribution in [3.05, 3.63) is 0 Å². The van der Waals surface area contributed by atoms with Gasteiger partial charge in [-0.2, -0.15) is 0 Å². The first-order chi connectivity index (χ1) is 14.2. The molecule has 1 heteroatoms. The number of fused-ring (bicyclic) bond motifs is 5. The van der Waals surface area contributed by atoms with E-state index in [1.807, 2.05) is 7.11 Å². The summed E-state index contributed by atoms with van der Waals surface area (Å²) in [4.78, 5) is 0. The van der Waals surface area contributed by atoms with Crippen molar-refractivity contribution in [2.24, 2.45) is 51.8 Å². The van der Waals surface area contributed by atoms with Crippen LogP contribution in [0.5, 0.6) is 0 Å². The van der Waals surface area contributed by atoms with E-state index < -0.39 is 0 Å². The third-order valence-corrected chi connectivity index (χ3v) is 12.0. The monoisotopic (exact) mass is 416 g/mol. The SMILES string of the molecule is COC1CC[C@@]2(C)[C@@H](CCC3[C@@H]4CC[C@H](C(C)CCCC(C)C)[C@@]4(C)CC[C@@]32C)C1. The number of methoxy groups -OCH3 is 1. The lowest BCUT2D eigenvalue weighted by Gasteiger charge is -2.67. The second-order valence-corrected chi connectivity index (χ2v) is 13.4. The Kier molecular flexibility index (Phi) is 6.47. The average Bonchev–Trinajstić information content (AvgIpc) is 3.05. The molecule has 0 bridgehead atoms. The Morgan fingerprint density at radius 3 is 2.23 bits per heavy atom. The average molecular weight is 417 g/mol. The van der Waals surface area contributed by atoms with Gasteiger partial charge in [-0.1, -0.05) is 60.8 Å². The smallest absolute Gasteiger partial charge is 0.0574 e. The summed E-state index contributed by atoms with van der Waals surface area (Å²) in [5, 5.41) is 0. The van der Waals surface area contributed by atoms with E-state index in [1.54, 1.807) is 0 Å². The van der Waals surface area contributed by atoms with E-state index in [1.165, 1.54) is 77.0 Å². The van der Waals surface area contributed by atoms with Crippen LogP contribution in [0.1, 0.15) is 119 Å². The Morgan fingerprint density at radius 1 is 0.800 bits per heavy atom. The Labute approximate surface area is 188 Å². The van der Waals surface area contributed by atoms with Crippen molar-refractivity contribution in [2.45, 2.75) is 125 Å². The maximum absolute atomic E-state index is 5.83. The molecule has 1 nitrogen and oxygen atoms in total. The van der Waals surface area contributed by atoms with E-state index in [4.69, 9.17) is 4.74 Å². The molecule has 4 aliphatic carbocycles. The number of hydrogen-bond acceptors (Lipinski definition) is 1. The third kappa shape index (κ3) is 3.52. The van der Waals surface area contributed by atoms with Gasteiger partial charge in [0.1, 0.15) is 0 Å². The lowest BCUT2D eigenvalue weighted by atomic mass is 9.38. The van der Waals surface area contributed by atoms with E-state index in [0.717, 1.165) is 35.5 Å². The maximum atomic E-state index is 5.83. The fourth-order valence-corrected chi connectivity index (χ4v) is 9.84. The molecule has 4 rings (SSSR count). The summed E-state index contributed by atoms with van der Waals surface area (Å²) in [6.07, 6.45) is 17.9. The largest absolute Gasteiger partial charge is 0.381 e. The fourth-order valence-electron chi connectivity index (χ4n) is 9.84. The minimum atomic E-state index is 0.527. The first-order valence-electron chi connectivity index (χ1n) is 13.7. The molecule has 0 radical (unpaired) electrons. The van der Waals surface area contributed by atoms with E-state index >= 15 is 0 Å². The molecule has 0 saturated heterocycles. The van der Waals surface area contributed by atoms with Crippen molar-refractivity contribution in [1.29, 1.82) is 0 Å². The van der Waals surface area contributed by atoms with Crippen LogP contribution in [0.3, 0.4) is 0 Å². The summed E-state index contributed by atoms with van der Waals surface area (Å²) >= 11 is 0. The zero-order valence-electron chi connectivity index (χ0n) is 21.4. The van der Waals surface area contributed by atoms with Gasteiger partial charge in [0.05, 0.1) is 6.10 Å². The predicted molar refractivity (Wildman–Crippen MR) is 128 cm³/mol. The molecule has 3 unspecified atom stereocenters. The van der Waals surface area contributed by atoms with Gasteiger partial charge in [-0.05, 0) is 110 Å². The predicted octanol–water partition coefficient (Wildman–Crippen LogP) is 8.51. The third-order valence-electron chi connectivity index (χ3n) is 12.0. The van der Waals surface area contributed by atoms with E-state index in [0.29, 0.717) is 22.3 Å². The van der Waals surface area contributed by atoms with Gasteiger partial charge in [-0.25, -0.2) is 0 Å². The zero-order valence-corrected chi connectivity index (χ0v) is 21.4. The number of rotatable bonds is 6. The maximum Gasteiger partial charge on any atom is 0.0574 e. The summed E-state index contributed by atoms with van der Waals surface area (Å²) < 4.78 is 5.83. The lowest BCUT2D eigenvalue weighted by molar-refractivity contribution is -0.188. The van der Waals surface area contributed by atoms with E-state index in [9.17, 15) is 0 Å². The first kappa shape index (κ1) is 23.1. The van der Waals surface area contributed by atoms with Crippen molar-refractivity contribution in [1.82, 2.24) is 0 Å². The summed E-state index contributed by atoms with van der Waals surface area (Å²) in [7, 11) is 1.94. The van der Waals surface area contributed by atoms with Crippen molar-refractivity contribution < 1.29 is 4.74 Å². The molecule has 9 atom stereocenters. The molecule has 0 N–H and O–H groups in total. The van der Waals surface area contributed by atoms with Gasteiger partial charge >= 0.3 is 0 Å². The van der Waals surface area contributed by atoms with Gasteiger partial charge in [-0.3, -0.25) is 0 Å². The van der Waals surface area contributed by atoms with Crippen LogP contribution >= 0.6 is 0 Å². The Balaban J connectivity index is 1.50. The van der Waals surface area contributed by atoms with Crippen molar-refractivity contribution in [3.8, 4) is 0 Å². The quantitative estimate of drug-likeness (QED) is 0.421. The highest BCUT2D eigenvalue weighted by atomic mass is 16.5. The molecule has 0 spiro atoms. The van der Waals surface area contributed by atoms with Gasteiger partial charge in [-0.15, -0.1) is 0 Å². The molecule has 4 fully saturated rings. The number of ether oxygens (including phenoxy) is 1. The van der Waals surface area contributed by atoms with Crippen LogP contribution in [0.15, 0.2) is 0 Å². The first-order valence-corrected chi connectivity index (χ1v) is 13.7. The molecule has 0 aromatic heterocycles. The van der Waals surface area contributed by atoms with Crippen LogP contribution in [-0.4, -0.2) is 13.2 Å². The Bertz CT molecular complexity index is 597. The Morgan fingerprint density at radius 2 is 1.53 bits per heavy atom. The minimum Gasteiger partial charge on any atom is -0.381 e. The Hall–Kier alpha value is -0.0400. The zero-order chi connectivity index (χ0) is 21.7. The molecule has 0 heterocycles. The number of hydrogen-bond donors (Lipinski definition) is 0. The molecule has 0 amide bonds. The van der Waals surface area contributed by atoms with Gasteiger partial charge in [0.25, 0.3) is 0 Å². The van der Waals surface area contributed by atoms with E-state index in [2.05, 4.69) is 41.5 Å². The van der Waals surface area contributed by atoms with Crippen LogP contribution in [0.2, 0.25) is 0 Å².